The fourth-order valence-electron chi connectivity index (χ4n) is 3.13. The quantitative estimate of drug-likeness (QED) is 0.611. The number of anilines is 2. The van der Waals surface area contributed by atoms with Crippen molar-refractivity contribution in [3.63, 3.8) is 0 Å². The van der Waals surface area contributed by atoms with Crippen molar-refractivity contribution in [3.8, 4) is 0 Å². The number of nitrogens with one attached hydrogen (secondary N) is 1. The third-order valence-corrected chi connectivity index (χ3v) is 4.46. The number of hydrogen-bond donors (Lipinski definition) is 2. The molecule has 1 atom stereocenters. The molecule has 27 heavy (non-hydrogen) atoms. The Balaban J connectivity index is 1.79. The highest BCUT2D eigenvalue weighted by atomic mass is 16.6. The zero-order chi connectivity index (χ0) is 19.4. The van der Waals surface area contributed by atoms with Crippen LogP contribution in [0.25, 0.3) is 0 Å². The molecule has 0 unspecified atom stereocenters. The zero-order valence-corrected chi connectivity index (χ0v) is 14.5. The first-order valence-electron chi connectivity index (χ1n) is 8.51. The van der Waals surface area contributed by atoms with Gasteiger partial charge >= 0.3 is 0 Å². The van der Waals surface area contributed by atoms with Crippen LogP contribution in [-0.2, 0) is 4.79 Å². The van der Waals surface area contributed by atoms with E-state index in [4.69, 9.17) is 5.73 Å². The summed E-state index contributed by atoms with van der Waals surface area (Å²) in [5, 5.41) is 13.8. The molecule has 2 aromatic rings. The summed E-state index contributed by atoms with van der Waals surface area (Å²) in [5.74, 6) is -0.938. The van der Waals surface area contributed by atoms with Crippen molar-refractivity contribution in [1.29, 1.82) is 0 Å². The Hall–Kier alpha value is -3.49. The number of rotatable bonds is 5. The first-order chi connectivity index (χ1) is 13.0. The van der Waals surface area contributed by atoms with Gasteiger partial charge in [-0.05, 0) is 25.0 Å². The number of benzene rings is 1. The lowest BCUT2D eigenvalue weighted by atomic mass is 9.96. The van der Waals surface area contributed by atoms with Crippen molar-refractivity contribution in [2.24, 2.45) is 11.7 Å². The SMILES string of the molecule is NC(=O)c1cc([N+](=O)[O-])cnc1N1CCC[C@@H](C(=O)Nc2ccccc2)C1. The van der Waals surface area contributed by atoms with E-state index in [9.17, 15) is 19.7 Å². The van der Waals surface area contributed by atoms with Gasteiger partial charge in [0.15, 0.2) is 0 Å². The second kappa shape index (κ2) is 7.81. The molecule has 0 aliphatic carbocycles. The van der Waals surface area contributed by atoms with E-state index in [0.29, 0.717) is 25.2 Å². The van der Waals surface area contributed by atoms with Crippen molar-refractivity contribution in [1.82, 2.24) is 4.98 Å². The number of nitrogens with zero attached hydrogens (tertiary/aromatic N) is 3. The summed E-state index contributed by atoms with van der Waals surface area (Å²) in [6.45, 7) is 0.934. The van der Waals surface area contributed by atoms with Gasteiger partial charge in [0, 0.05) is 24.8 Å². The number of para-hydroxylation sites is 1. The Morgan fingerprint density at radius 2 is 2.04 bits per heavy atom. The van der Waals surface area contributed by atoms with Crippen molar-refractivity contribution in [2.45, 2.75) is 12.8 Å². The number of carbonyl (C=O) groups is 2. The Labute approximate surface area is 155 Å². The van der Waals surface area contributed by atoms with Gasteiger partial charge in [0.25, 0.3) is 11.6 Å². The molecule has 1 aromatic heterocycles. The summed E-state index contributed by atoms with van der Waals surface area (Å²) in [5.41, 5.74) is 5.77. The molecule has 0 saturated carbocycles. The van der Waals surface area contributed by atoms with E-state index in [2.05, 4.69) is 10.3 Å². The molecule has 0 radical (unpaired) electrons. The number of nitrogens with two attached hydrogens (primary N) is 1. The van der Waals surface area contributed by atoms with Crippen LogP contribution >= 0.6 is 0 Å². The third kappa shape index (κ3) is 4.20. The van der Waals surface area contributed by atoms with Crippen LogP contribution in [0.5, 0.6) is 0 Å². The highest BCUT2D eigenvalue weighted by molar-refractivity contribution is 5.98. The number of aromatic nitrogens is 1. The van der Waals surface area contributed by atoms with Crippen LogP contribution in [0.15, 0.2) is 42.6 Å². The van der Waals surface area contributed by atoms with Gasteiger partial charge in [-0.3, -0.25) is 19.7 Å². The van der Waals surface area contributed by atoms with Crippen molar-refractivity contribution < 1.29 is 14.5 Å². The molecule has 3 N–H and O–H groups in total. The average molecular weight is 369 g/mol. The van der Waals surface area contributed by atoms with E-state index in [-0.39, 0.29) is 28.9 Å². The minimum Gasteiger partial charge on any atom is -0.365 e. The van der Waals surface area contributed by atoms with Crippen molar-refractivity contribution in [3.05, 3.63) is 58.3 Å². The van der Waals surface area contributed by atoms with Crippen LogP contribution in [0.2, 0.25) is 0 Å². The van der Waals surface area contributed by atoms with Gasteiger partial charge in [-0.25, -0.2) is 4.98 Å². The molecule has 1 aromatic carbocycles. The maximum Gasteiger partial charge on any atom is 0.288 e. The molecule has 1 aliphatic rings. The molecule has 0 bridgehead atoms. The van der Waals surface area contributed by atoms with Gasteiger partial charge < -0.3 is 16.0 Å². The molecule has 2 heterocycles. The summed E-state index contributed by atoms with van der Waals surface area (Å²) < 4.78 is 0. The lowest BCUT2D eigenvalue weighted by Gasteiger charge is -2.33. The predicted molar refractivity (Wildman–Crippen MR) is 99.4 cm³/mol. The minimum absolute atomic E-state index is 0.0201. The summed E-state index contributed by atoms with van der Waals surface area (Å²) in [6, 6.07) is 10.3. The predicted octanol–water partition coefficient (Wildman–Crippen LogP) is 1.94. The second-order valence-electron chi connectivity index (χ2n) is 6.33. The van der Waals surface area contributed by atoms with Gasteiger partial charge in [0.05, 0.1) is 16.4 Å². The number of carbonyl (C=O) groups excluding carboxylic acids is 2. The molecular weight excluding hydrogens is 350 g/mol. The Morgan fingerprint density at radius 1 is 1.30 bits per heavy atom. The van der Waals surface area contributed by atoms with Gasteiger partial charge in [-0.1, -0.05) is 18.2 Å². The molecule has 3 rings (SSSR count). The Morgan fingerprint density at radius 3 is 2.70 bits per heavy atom. The molecule has 9 nitrogen and oxygen atoms in total. The fraction of sp³-hybridized carbons (Fsp3) is 0.278. The van der Waals surface area contributed by atoms with E-state index in [1.165, 1.54) is 0 Å². The topological polar surface area (TPSA) is 131 Å². The fourth-order valence-corrected chi connectivity index (χ4v) is 3.13. The van der Waals surface area contributed by atoms with E-state index < -0.39 is 10.8 Å². The first kappa shape index (κ1) is 18.3. The molecule has 140 valence electrons. The average Bonchev–Trinajstić information content (AvgIpc) is 2.68. The van der Waals surface area contributed by atoms with Crippen LogP contribution in [0.3, 0.4) is 0 Å². The maximum atomic E-state index is 12.6. The molecule has 9 heteroatoms. The Bertz CT molecular complexity index is 871. The van der Waals surface area contributed by atoms with Gasteiger partial charge in [0.2, 0.25) is 5.91 Å². The number of piperidine rings is 1. The van der Waals surface area contributed by atoms with E-state index in [0.717, 1.165) is 18.7 Å². The molecule has 1 fully saturated rings. The molecule has 0 spiro atoms. The first-order valence-corrected chi connectivity index (χ1v) is 8.51. The minimum atomic E-state index is -0.794. The Kier molecular flexibility index (Phi) is 5.30. The van der Waals surface area contributed by atoms with Crippen molar-refractivity contribution >= 4 is 29.0 Å². The summed E-state index contributed by atoms with van der Waals surface area (Å²) in [6.07, 6.45) is 2.52. The number of nitro groups is 1. The molecule has 2 amide bonds. The number of pyridine rings is 1. The molecule has 1 saturated heterocycles. The number of primary amides is 1. The van der Waals surface area contributed by atoms with Crippen molar-refractivity contribution in [2.75, 3.05) is 23.3 Å². The van der Waals surface area contributed by atoms with Gasteiger partial charge in [0.1, 0.15) is 12.0 Å². The van der Waals surface area contributed by atoms with E-state index >= 15 is 0 Å². The standard InChI is InChI=1S/C18H19N5O4/c19-16(24)15-9-14(23(26)27)10-20-17(15)22-8-4-5-12(11-22)18(25)21-13-6-2-1-3-7-13/h1-3,6-7,9-10,12H,4-5,8,11H2,(H2,19,24)(H,21,25)/t12-/m1/s1. The molecular formula is C18H19N5O4. The summed E-state index contributed by atoms with van der Waals surface area (Å²) in [7, 11) is 0. The van der Waals surface area contributed by atoms with Crippen LogP contribution in [0.1, 0.15) is 23.2 Å². The normalized spacial score (nSPS) is 16.6. The van der Waals surface area contributed by atoms with Crippen LogP contribution in [0.4, 0.5) is 17.2 Å². The van der Waals surface area contributed by atoms with Crippen LogP contribution in [-0.4, -0.2) is 34.8 Å². The number of hydrogen-bond acceptors (Lipinski definition) is 6. The van der Waals surface area contributed by atoms with E-state index in [1.807, 2.05) is 30.3 Å². The second-order valence-corrected chi connectivity index (χ2v) is 6.33. The largest absolute Gasteiger partial charge is 0.365 e. The van der Waals surface area contributed by atoms with Gasteiger partial charge in [-0.15, -0.1) is 0 Å². The highest BCUT2D eigenvalue weighted by Crippen LogP contribution is 2.27. The van der Waals surface area contributed by atoms with E-state index in [1.54, 1.807) is 4.90 Å². The van der Waals surface area contributed by atoms with Gasteiger partial charge in [-0.2, -0.15) is 0 Å². The lowest BCUT2D eigenvalue weighted by molar-refractivity contribution is -0.385. The molecule has 1 aliphatic heterocycles. The van der Waals surface area contributed by atoms with Crippen LogP contribution in [0, 0.1) is 16.0 Å². The monoisotopic (exact) mass is 369 g/mol. The van der Waals surface area contributed by atoms with Crippen LogP contribution < -0.4 is 16.0 Å². The smallest absolute Gasteiger partial charge is 0.288 e. The third-order valence-electron chi connectivity index (χ3n) is 4.46. The summed E-state index contributed by atoms with van der Waals surface area (Å²) >= 11 is 0. The number of amides is 2. The zero-order valence-electron chi connectivity index (χ0n) is 14.5. The maximum absolute atomic E-state index is 12.6. The summed E-state index contributed by atoms with van der Waals surface area (Å²) in [4.78, 5) is 40.5. The highest BCUT2D eigenvalue weighted by Gasteiger charge is 2.29. The lowest BCUT2D eigenvalue weighted by Crippen LogP contribution is -2.42.